The molecule has 2 aromatic carbocycles. The molecule has 0 atom stereocenters. The van der Waals surface area contributed by atoms with Crippen molar-refractivity contribution in [1.82, 2.24) is 0 Å². The highest BCUT2D eigenvalue weighted by Crippen LogP contribution is 2.22. The molecule has 0 fully saturated rings. The minimum absolute atomic E-state index is 0.0488. The Bertz CT molecular complexity index is 1130. The number of hydrogen-bond donors (Lipinski definition) is 1. The molecule has 0 saturated heterocycles. The van der Waals surface area contributed by atoms with Gasteiger partial charge in [-0.05, 0) is 61.4 Å². The standard InChI is InChI=1S/C24H23NO7/c1-14-5-6-15(2)21(9-14)31-13-19-7-8-20(32-19)22(26)25-18-11-16(23(27)29-3)10-17(12-18)24(28)30-4/h5-12H,13H2,1-4H3,(H,25,26). The van der Waals surface area contributed by atoms with E-state index in [-0.39, 0.29) is 29.2 Å². The predicted octanol–water partition coefficient (Wildman–Crippen LogP) is 4.30. The molecule has 0 aliphatic rings. The van der Waals surface area contributed by atoms with Gasteiger partial charge in [0.05, 0.1) is 25.3 Å². The number of benzene rings is 2. The van der Waals surface area contributed by atoms with Gasteiger partial charge >= 0.3 is 11.9 Å². The molecule has 0 saturated carbocycles. The van der Waals surface area contributed by atoms with Crippen LogP contribution < -0.4 is 10.1 Å². The first-order valence-corrected chi connectivity index (χ1v) is 9.72. The highest BCUT2D eigenvalue weighted by molar-refractivity contribution is 6.04. The molecule has 0 aliphatic heterocycles. The summed E-state index contributed by atoms with van der Waals surface area (Å²) in [5, 5.41) is 2.61. The summed E-state index contributed by atoms with van der Waals surface area (Å²) in [6.07, 6.45) is 0. The summed E-state index contributed by atoms with van der Waals surface area (Å²) in [5.41, 5.74) is 2.46. The number of esters is 2. The Labute approximate surface area is 185 Å². The molecule has 1 heterocycles. The molecular weight excluding hydrogens is 414 g/mol. The average Bonchev–Trinajstić information content (AvgIpc) is 3.27. The molecule has 1 aromatic heterocycles. The van der Waals surface area contributed by atoms with Crippen LogP contribution in [0, 0.1) is 13.8 Å². The molecule has 166 valence electrons. The van der Waals surface area contributed by atoms with Crippen LogP contribution in [-0.2, 0) is 16.1 Å². The average molecular weight is 437 g/mol. The molecule has 1 N–H and O–H groups in total. The molecule has 0 unspecified atom stereocenters. The summed E-state index contributed by atoms with van der Waals surface area (Å²) < 4.78 is 20.8. The molecule has 0 spiro atoms. The van der Waals surface area contributed by atoms with Crippen LogP contribution >= 0.6 is 0 Å². The van der Waals surface area contributed by atoms with Crippen LogP contribution in [0.2, 0.25) is 0 Å². The van der Waals surface area contributed by atoms with Gasteiger partial charge in [-0.15, -0.1) is 0 Å². The van der Waals surface area contributed by atoms with E-state index in [0.717, 1.165) is 16.9 Å². The lowest BCUT2D eigenvalue weighted by atomic mass is 10.1. The van der Waals surface area contributed by atoms with Crippen LogP contribution in [-0.4, -0.2) is 32.1 Å². The Hall–Kier alpha value is -4.07. The fourth-order valence-corrected chi connectivity index (χ4v) is 2.95. The Balaban J connectivity index is 1.73. The first-order valence-electron chi connectivity index (χ1n) is 9.72. The Morgan fingerprint density at radius 3 is 2.16 bits per heavy atom. The predicted molar refractivity (Wildman–Crippen MR) is 116 cm³/mol. The van der Waals surface area contributed by atoms with E-state index in [4.69, 9.17) is 18.6 Å². The highest BCUT2D eigenvalue weighted by atomic mass is 16.5. The number of rotatable bonds is 7. The molecule has 32 heavy (non-hydrogen) atoms. The molecule has 3 rings (SSSR count). The van der Waals surface area contributed by atoms with Gasteiger partial charge in [-0.25, -0.2) is 9.59 Å². The van der Waals surface area contributed by atoms with Gasteiger partial charge in [-0.3, -0.25) is 4.79 Å². The third-order valence-corrected chi connectivity index (χ3v) is 4.63. The van der Waals surface area contributed by atoms with Crippen molar-refractivity contribution in [3.05, 3.63) is 82.3 Å². The maximum atomic E-state index is 12.6. The first kappa shape index (κ1) is 22.6. The lowest BCUT2D eigenvalue weighted by Crippen LogP contribution is -2.13. The van der Waals surface area contributed by atoms with Crippen LogP contribution in [0.4, 0.5) is 5.69 Å². The summed E-state index contributed by atoms with van der Waals surface area (Å²) >= 11 is 0. The number of furan rings is 1. The summed E-state index contributed by atoms with van der Waals surface area (Å²) in [4.78, 5) is 36.4. The van der Waals surface area contributed by atoms with Crippen molar-refractivity contribution in [2.75, 3.05) is 19.5 Å². The zero-order valence-electron chi connectivity index (χ0n) is 18.2. The van der Waals surface area contributed by atoms with E-state index < -0.39 is 17.8 Å². The number of nitrogens with one attached hydrogen (secondary N) is 1. The number of anilines is 1. The normalized spacial score (nSPS) is 10.4. The van der Waals surface area contributed by atoms with Crippen LogP contribution in [0.25, 0.3) is 0 Å². The minimum atomic E-state index is -0.657. The fourth-order valence-electron chi connectivity index (χ4n) is 2.95. The van der Waals surface area contributed by atoms with Gasteiger partial charge < -0.3 is 23.9 Å². The van der Waals surface area contributed by atoms with Crippen molar-refractivity contribution in [2.45, 2.75) is 20.5 Å². The second-order valence-electron chi connectivity index (χ2n) is 7.06. The van der Waals surface area contributed by atoms with Crippen LogP contribution in [0.5, 0.6) is 5.75 Å². The number of ether oxygens (including phenoxy) is 3. The SMILES string of the molecule is COC(=O)c1cc(NC(=O)c2ccc(COc3cc(C)ccc3C)o2)cc(C(=O)OC)c1. The Kier molecular flexibility index (Phi) is 6.94. The summed E-state index contributed by atoms with van der Waals surface area (Å²) in [6, 6.07) is 13.2. The maximum Gasteiger partial charge on any atom is 0.337 e. The monoisotopic (exact) mass is 437 g/mol. The topological polar surface area (TPSA) is 104 Å². The summed E-state index contributed by atoms with van der Waals surface area (Å²) in [7, 11) is 2.44. The first-order chi connectivity index (χ1) is 15.3. The molecule has 0 bridgehead atoms. The quantitative estimate of drug-likeness (QED) is 0.550. The molecule has 0 aliphatic carbocycles. The molecule has 8 nitrogen and oxygen atoms in total. The number of hydrogen-bond acceptors (Lipinski definition) is 7. The zero-order chi connectivity index (χ0) is 23.3. The van der Waals surface area contributed by atoms with Crippen molar-refractivity contribution < 1.29 is 33.0 Å². The van der Waals surface area contributed by atoms with Crippen molar-refractivity contribution in [3.63, 3.8) is 0 Å². The third kappa shape index (κ3) is 5.34. The van der Waals surface area contributed by atoms with Crippen LogP contribution in [0.15, 0.2) is 52.9 Å². The van der Waals surface area contributed by atoms with Gasteiger partial charge in [0.25, 0.3) is 5.91 Å². The van der Waals surface area contributed by atoms with E-state index in [2.05, 4.69) is 5.32 Å². The van der Waals surface area contributed by atoms with E-state index in [1.807, 2.05) is 32.0 Å². The van der Waals surface area contributed by atoms with Gasteiger partial charge in [0.15, 0.2) is 5.76 Å². The van der Waals surface area contributed by atoms with Crippen LogP contribution in [0.3, 0.4) is 0 Å². The number of methoxy groups -OCH3 is 2. The molecule has 8 heteroatoms. The third-order valence-electron chi connectivity index (χ3n) is 4.63. The van der Waals surface area contributed by atoms with Crippen molar-refractivity contribution >= 4 is 23.5 Å². The number of amides is 1. The lowest BCUT2D eigenvalue weighted by Gasteiger charge is -2.09. The Morgan fingerprint density at radius 2 is 1.53 bits per heavy atom. The smallest absolute Gasteiger partial charge is 0.337 e. The van der Waals surface area contributed by atoms with E-state index in [9.17, 15) is 14.4 Å². The van der Waals surface area contributed by atoms with Gasteiger partial charge in [0, 0.05) is 5.69 Å². The molecule has 0 radical (unpaired) electrons. The van der Waals surface area contributed by atoms with Gasteiger partial charge in [0.2, 0.25) is 0 Å². The number of aryl methyl sites for hydroxylation is 2. The minimum Gasteiger partial charge on any atom is -0.485 e. The van der Waals surface area contributed by atoms with E-state index in [1.54, 1.807) is 6.07 Å². The Morgan fingerprint density at radius 1 is 0.875 bits per heavy atom. The van der Waals surface area contributed by atoms with Crippen molar-refractivity contribution in [3.8, 4) is 5.75 Å². The summed E-state index contributed by atoms with van der Waals surface area (Å²) in [5.74, 6) is -0.615. The van der Waals surface area contributed by atoms with Gasteiger partial charge in [-0.2, -0.15) is 0 Å². The van der Waals surface area contributed by atoms with E-state index in [0.29, 0.717) is 5.76 Å². The second-order valence-corrected chi connectivity index (χ2v) is 7.06. The number of carbonyl (C=O) groups excluding carboxylic acids is 3. The largest absolute Gasteiger partial charge is 0.485 e. The summed E-state index contributed by atoms with van der Waals surface area (Å²) in [6.45, 7) is 4.07. The lowest BCUT2D eigenvalue weighted by molar-refractivity contribution is 0.0599. The fraction of sp³-hybridized carbons (Fsp3) is 0.208. The van der Waals surface area contributed by atoms with Crippen molar-refractivity contribution in [1.29, 1.82) is 0 Å². The van der Waals surface area contributed by atoms with Gasteiger partial charge in [-0.1, -0.05) is 12.1 Å². The second kappa shape index (κ2) is 9.82. The van der Waals surface area contributed by atoms with Crippen LogP contribution in [0.1, 0.15) is 48.2 Å². The van der Waals surface area contributed by atoms with Gasteiger partial charge in [0.1, 0.15) is 18.1 Å². The van der Waals surface area contributed by atoms with E-state index >= 15 is 0 Å². The molecule has 3 aromatic rings. The van der Waals surface area contributed by atoms with E-state index in [1.165, 1.54) is 38.5 Å². The maximum absolute atomic E-state index is 12.6. The number of carbonyl (C=O) groups is 3. The molecule has 1 amide bonds. The molecular formula is C24H23NO7. The van der Waals surface area contributed by atoms with Crippen molar-refractivity contribution in [2.24, 2.45) is 0 Å². The highest BCUT2D eigenvalue weighted by Gasteiger charge is 2.17. The zero-order valence-corrected chi connectivity index (χ0v) is 18.2.